The SMILES string of the molecule is CCCCCS(=O)(=O)CCCCOc1ccc(Cn2cc(C)c3cc(O)ccc32)cc1. The Bertz CT molecular complexity index is 1080. The predicted molar refractivity (Wildman–Crippen MR) is 127 cm³/mol. The van der Waals surface area contributed by atoms with Gasteiger partial charge in [-0.2, -0.15) is 0 Å². The van der Waals surface area contributed by atoms with Gasteiger partial charge in [0.15, 0.2) is 0 Å². The van der Waals surface area contributed by atoms with Gasteiger partial charge < -0.3 is 14.4 Å². The Balaban J connectivity index is 1.46. The summed E-state index contributed by atoms with van der Waals surface area (Å²) in [6.45, 7) is 5.39. The summed E-state index contributed by atoms with van der Waals surface area (Å²) in [7, 11) is -2.92. The zero-order valence-corrected chi connectivity index (χ0v) is 19.3. The molecule has 6 heteroatoms. The molecule has 0 unspecified atom stereocenters. The van der Waals surface area contributed by atoms with Gasteiger partial charge in [-0.3, -0.25) is 0 Å². The van der Waals surface area contributed by atoms with E-state index < -0.39 is 9.84 Å². The number of phenols is 1. The molecule has 0 amide bonds. The van der Waals surface area contributed by atoms with Crippen molar-refractivity contribution < 1.29 is 18.3 Å². The highest BCUT2D eigenvalue weighted by molar-refractivity contribution is 7.91. The van der Waals surface area contributed by atoms with E-state index in [1.807, 2.05) is 25.1 Å². The van der Waals surface area contributed by atoms with Gasteiger partial charge in [-0.1, -0.05) is 31.9 Å². The Kier molecular flexibility index (Phi) is 8.02. The third kappa shape index (κ3) is 6.76. The normalized spacial score (nSPS) is 11.8. The van der Waals surface area contributed by atoms with Crippen LogP contribution in [-0.2, 0) is 16.4 Å². The molecule has 0 spiro atoms. The first kappa shape index (κ1) is 23.2. The fraction of sp³-hybridized carbons (Fsp3) is 0.440. The lowest BCUT2D eigenvalue weighted by Crippen LogP contribution is -2.12. The average molecular weight is 444 g/mol. The molecule has 0 aliphatic carbocycles. The van der Waals surface area contributed by atoms with Crippen molar-refractivity contribution in [2.75, 3.05) is 18.1 Å². The number of aryl methyl sites for hydroxylation is 1. The number of sulfone groups is 1. The van der Waals surface area contributed by atoms with E-state index in [4.69, 9.17) is 4.74 Å². The minimum absolute atomic E-state index is 0.251. The second kappa shape index (κ2) is 10.7. The Morgan fingerprint density at radius 3 is 2.39 bits per heavy atom. The molecule has 0 aliphatic rings. The van der Waals surface area contributed by atoms with Crippen LogP contribution in [0.3, 0.4) is 0 Å². The average Bonchev–Trinajstić information content (AvgIpc) is 3.03. The van der Waals surface area contributed by atoms with Gasteiger partial charge in [-0.25, -0.2) is 8.42 Å². The van der Waals surface area contributed by atoms with E-state index in [9.17, 15) is 13.5 Å². The monoisotopic (exact) mass is 443 g/mol. The second-order valence-corrected chi connectivity index (χ2v) is 10.5. The maximum Gasteiger partial charge on any atom is 0.150 e. The Morgan fingerprint density at radius 1 is 0.968 bits per heavy atom. The highest BCUT2D eigenvalue weighted by atomic mass is 32.2. The minimum Gasteiger partial charge on any atom is -0.508 e. The maximum absolute atomic E-state index is 12.0. The quantitative estimate of drug-likeness (QED) is 0.377. The van der Waals surface area contributed by atoms with E-state index >= 15 is 0 Å². The van der Waals surface area contributed by atoms with Crippen LogP contribution >= 0.6 is 0 Å². The fourth-order valence-electron chi connectivity index (χ4n) is 3.77. The van der Waals surface area contributed by atoms with Crippen molar-refractivity contribution in [1.82, 2.24) is 4.57 Å². The van der Waals surface area contributed by atoms with Crippen LogP contribution < -0.4 is 4.74 Å². The molecular formula is C25H33NO4S. The van der Waals surface area contributed by atoms with Crippen molar-refractivity contribution in [1.29, 1.82) is 0 Å². The van der Waals surface area contributed by atoms with Gasteiger partial charge in [0.1, 0.15) is 21.3 Å². The van der Waals surface area contributed by atoms with Crippen LogP contribution in [0.1, 0.15) is 50.2 Å². The third-order valence-electron chi connectivity index (χ3n) is 5.52. The molecule has 0 aliphatic heterocycles. The van der Waals surface area contributed by atoms with E-state index in [-0.39, 0.29) is 11.5 Å². The fourth-order valence-corrected chi connectivity index (χ4v) is 5.26. The zero-order chi connectivity index (χ0) is 22.3. The molecule has 0 atom stereocenters. The Hall–Kier alpha value is -2.47. The number of unbranched alkanes of at least 4 members (excludes halogenated alkanes) is 3. The summed E-state index contributed by atoms with van der Waals surface area (Å²) in [5.74, 6) is 1.64. The first-order valence-corrected chi connectivity index (χ1v) is 12.9. The largest absolute Gasteiger partial charge is 0.508 e. The second-order valence-electron chi connectivity index (χ2n) is 8.20. The molecule has 3 rings (SSSR count). The highest BCUT2D eigenvalue weighted by Gasteiger charge is 2.10. The van der Waals surface area contributed by atoms with Crippen molar-refractivity contribution in [2.45, 2.75) is 52.5 Å². The van der Waals surface area contributed by atoms with Crippen LogP contribution in [0.4, 0.5) is 0 Å². The number of ether oxygens (including phenoxy) is 1. The molecule has 31 heavy (non-hydrogen) atoms. The lowest BCUT2D eigenvalue weighted by molar-refractivity contribution is 0.309. The van der Waals surface area contributed by atoms with E-state index in [0.29, 0.717) is 18.8 Å². The number of rotatable bonds is 12. The van der Waals surface area contributed by atoms with E-state index in [1.165, 1.54) is 0 Å². The lowest BCUT2D eigenvalue weighted by Gasteiger charge is -2.09. The molecule has 2 aromatic carbocycles. The van der Waals surface area contributed by atoms with Crippen LogP contribution in [0.15, 0.2) is 48.7 Å². The van der Waals surface area contributed by atoms with Gasteiger partial charge in [0, 0.05) is 23.6 Å². The number of benzene rings is 2. The van der Waals surface area contributed by atoms with E-state index in [0.717, 1.165) is 60.0 Å². The molecule has 0 fully saturated rings. The molecule has 5 nitrogen and oxygen atoms in total. The number of nitrogens with zero attached hydrogens (tertiary/aromatic N) is 1. The molecule has 0 bridgehead atoms. The van der Waals surface area contributed by atoms with Gasteiger partial charge in [-0.15, -0.1) is 0 Å². The van der Waals surface area contributed by atoms with E-state index in [1.54, 1.807) is 12.1 Å². The number of fused-ring (bicyclic) bond motifs is 1. The van der Waals surface area contributed by atoms with Gasteiger partial charge in [0.05, 0.1) is 18.1 Å². The molecular weight excluding hydrogens is 410 g/mol. The summed E-state index contributed by atoms with van der Waals surface area (Å²) < 4.78 is 31.9. The standard InChI is InChI=1S/C25H33NO4S/c1-3-4-6-15-31(28,29)16-7-5-14-30-23-11-8-21(9-12-23)19-26-18-20(2)24-17-22(27)10-13-25(24)26/h8-13,17-18,27H,3-7,14-16,19H2,1-2H3. The van der Waals surface area contributed by atoms with Gasteiger partial charge in [0.2, 0.25) is 0 Å². The third-order valence-corrected chi connectivity index (χ3v) is 7.34. The molecule has 0 radical (unpaired) electrons. The molecule has 0 saturated carbocycles. The highest BCUT2D eigenvalue weighted by Crippen LogP contribution is 2.26. The minimum atomic E-state index is -2.92. The first-order chi connectivity index (χ1) is 14.9. The summed E-state index contributed by atoms with van der Waals surface area (Å²) >= 11 is 0. The van der Waals surface area contributed by atoms with Crippen LogP contribution in [0, 0.1) is 6.92 Å². The molecule has 1 aromatic heterocycles. The molecule has 168 valence electrons. The number of phenolic OH excluding ortho intramolecular Hbond substituents is 1. The van der Waals surface area contributed by atoms with Crippen molar-refractivity contribution in [2.24, 2.45) is 0 Å². The molecule has 3 aromatic rings. The summed E-state index contributed by atoms with van der Waals surface area (Å²) in [5, 5.41) is 10.8. The number of aromatic nitrogens is 1. The van der Waals surface area contributed by atoms with Crippen molar-refractivity contribution in [3.05, 3.63) is 59.8 Å². The zero-order valence-electron chi connectivity index (χ0n) is 18.5. The van der Waals surface area contributed by atoms with Crippen LogP contribution in [0.25, 0.3) is 10.9 Å². The van der Waals surface area contributed by atoms with Gasteiger partial charge in [-0.05, 0) is 67.6 Å². The smallest absolute Gasteiger partial charge is 0.150 e. The Morgan fingerprint density at radius 2 is 1.68 bits per heavy atom. The number of hydrogen-bond donors (Lipinski definition) is 1. The van der Waals surface area contributed by atoms with Gasteiger partial charge in [0.25, 0.3) is 0 Å². The summed E-state index contributed by atoms with van der Waals surface area (Å²) in [6.07, 6.45) is 6.25. The topological polar surface area (TPSA) is 68.5 Å². The van der Waals surface area contributed by atoms with E-state index in [2.05, 4.69) is 29.8 Å². The summed E-state index contributed by atoms with van der Waals surface area (Å²) in [6, 6.07) is 13.5. The number of hydrogen-bond acceptors (Lipinski definition) is 4. The lowest BCUT2D eigenvalue weighted by atomic mass is 10.2. The predicted octanol–water partition coefficient (Wildman–Crippen LogP) is 5.47. The molecule has 1 N–H and O–H groups in total. The van der Waals surface area contributed by atoms with Crippen molar-refractivity contribution in [3.8, 4) is 11.5 Å². The molecule has 0 saturated heterocycles. The summed E-state index contributed by atoms with van der Waals surface area (Å²) in [5.41, 5.74) is 3.40. The van der Waals surface area contributed by atoms with Crippen LogP contribution in [0.2, 0.25) is 0 Å². The van der Waals surface area contributed by atoms with Crippen molar-refractivity contribution in [3.63, 3.8) is 0 Å². The molecule has 1 heterocycles. The van der Waals surface area contributed by atoms with Crippen LogP contribution in [-0.4, -0.2) is 36.2 Å². The number of aromatic hydroxyl groups is 1. The van der Waals surface area contributed by atoms with Crippen molar-refractivity contribution >= 4 is 20.7 Å². The maximum atomic E-state index is 12.0. The summed E-state index contributed by atoms with van der Waals surface area (Å²) in [4.78, 5) is 0. The Labute approximate surface area is 185 Å². The van der Waals surface area contributed by atoms with Gasteiger partial charge >= 0.3 is 0 Å². The first-order valence-electron chi connectivity index (χ1n) is 11.1. The van der Waals surface area contributed by atoms with Crippen LogP contribution in [0.5, 0.6) is 11.5 Å².